The highest BCUT2D eigenvalue weighted by Crippen LogP contribution is 2.39. The number of nitrogens with zero attached hydrogens (tertiary/aromatic N) is 1. The Labute approximate surface area is 124 Å². The molecule has 2 aromatic rings. The third-order valence-corrected chi connectivity index (χ3v) is 3.52. The standard InChI is InChI=1S/C16H20N2O3/c1-3-19-16-7-11-6-10(2)20-15(11)9-13(16)14-8-12(4-5-17)21-18-14/h7-10H,3-6,17H2,1-2H3. The maximum Gasteiger partial charge on any atom is 0.138 e. The molecule has 1 aromatic carbocycles. The topological polar surface area (TPSA) is 70.5 Å². The highest BCUT2D eigenvalue weighted by atomic mass is 16.5. The zero-order valence-corrected chi connectivity index (χ0v) is 12.4. The van der Waals surface area contributed by atoms with Crippen LogP contribution in [0.2, 0.25) is 0 Å². The normalized spacial score (nSPS) is 16.6. The van der Waals surface area contributed by atoms with E-state index in [1.54, 1.807) is 0 Å². The van der Waals surface area contributed by atoms with E-state index in [1.165, 1.54) is 5.56 Å². The number of fused-ring (bicyclic) bond motifs is 1. The van der Waals surface area contributed by atoms with E-state index < -0.39 is 0 Å². The van der Waals surface area contributed by atoms with Crippen LogP contribution in [0.25, 0.3) is 11.3 Å². The van der Waals surface area contributed by atoms with E-state index in [4.69, 9.17) is 19.7 Å². The van der Waals surface area contributed by atoms with Crippen molar-refractivity contribution in [2.24, 2.45) is 5.73 Å². The summed E-state index contributed by atoms with van der Waals surface area (Å²) < 4.78 is 16.9. The van der Waals surface area contributed by atoms with Gasteiger partial charge in [0.25, 0.3) is 0 Å². The summed E-state index contributed by atoms with van der Waals surface area (Å²) in [6.07, 6.45) is 1.79. The van der Waals surface area contributed by atoms with Crippen LogP contribution in [-0.2, 0) is 12.8 Å². The van der Waals surface area contributed by atoms with Gasteiger partial charge in [-0.15, -0.1) is 0 Å². The van der Waals surface area contributed by atoms with Gasteiger partial charge >= 0.3 is 0 Å². The van der Waals surface area contributed by atoms with Gasteiger partial charge in [0, 0.05) is 30.0 Å². The van der Waals surface area contributed by atoms with Crippen molar-refractivity contribution in [1.29, 1.82) is 0 Å². The van der Waals surface area contributed by atoms with E-state index in [2.05, 4.69) is 18.1 Å². The van der Waals surface area contributed by atoms with Gasteiger partial charge in [-0.05, 0) is 32.5 Å². The minimum absolute atomic E-state index is 0.204. The molecule has 0 bridgehead atoms. The average Bonchev–Trinajstić information content (AvgIpc) is 3.04. The second-order valence-corrected chi connectivity index (χ2v) is 5.24. The fraction of sp³-hybridized carbons (Fsp3) is 0.438. The first-order valence-electron chi connectivity index (χ1n) is 7.33. The summed E-state index contributed by atoms with van der Waals surface area (Å²) in [7, 11) is 0. The fourth-order valence-electron chi connectivity index (χ4n) is 2.61. The van der Waals surface area contributed by atoms with Crippen LogP contribution in [0.1, 0.15) is 25.2 Å². The van der Waals surface area contributed by atoms with Crippen LogP contribution in [0.3, 0.4) is 0 Å². The summed E-state index contributed by atoms with van der Waals surface area (Å²) in [4.78, 5) is 0. The van der Waals surface area contributed by atoms with Crippen molar-refractivity contribution in [2.75, 3.05) is 13.2 Å². The molecule has 2 heterocycles. The lowest BCUT2D eigenvalue weighted by Gasteiger charge is -2.10. The zero-order valence-electron chi connectivity index (χ0n) is 12.4. The number of aromatic nitrogens is 1. The van der Waals surface area contributed by atoms with E-state index in [0.29, 0.717) is 19.6 Å². The molecule has 21 heavy (non-hydrogen) atoms. The average molecular weight is 288 g/mol. The minimum atomic E-state index is 0.204. The quantitative estimate of drug-likeness (QED) is 0.915. The molecule has 3 rings (SSSR count). The Balaban J connectivity index is 2.01. The van der Waals surface area contributed by atoms with Gasteiger partial charge in [-0.3, -0.25) is 0 Å². The van der Waals surface area contributed by atoms with Crippen LogP contribution in [0.4, 0.5) is 0 Å². The molecule has 0 saturated heterocycles. The molecular formula is C16H20N2O3. The Morgan fingerprint density at radius 3 is 3.00 bits per heavy atom. The third-order valence-electron chi connectivity index (χ3n) is 3.52. The summed E-state index contributed by atoms with van der Waals surface area (Å²) in [6, 6.07) is 5.96. The van der Waals surface area contributed by atoms with Crippen LogP contribution < -0.4 is 15.2 Å². The molecular weight excluding hydrogens is 268 g/mol. The Kier molecular flexibility index (Phi) is 3.84. The molecule has 1 aliphatic rings. The van der Waals surface area contributed by atoms with E-state index in [-0.39, 0.29) is 6.10 Å². The van der Waals surface area contributed by atoms with E-state index in [0.717, 1.165) is 34.9 Å². The molecule has 112 valence electrons. The van der Waals surface area contributed by atoms with Crippen molar-refractivity contribution in [3.63, 3.8) is 0 Å². The van der Waals surface area contributed by atoms with Crippen LogP contribution in [0.5, 0.6) is 11.5 Å². The number of benzene rings is 1. The first-order chi connectivity index (χ1) is 10.2. The van der Waals surface area contributed by atoms with Crippen molar-refractivity contribution < 1.29 is 14.0 Å². The van der Waals surface area contributed by atoms with Gasteiger partial charge in [0.15, 0.2) is 0 Å². The Morgan fingerprint density at radius 2 is 2.24 bits per heavy atom. The summed E-state index contributed by atoms with van der Waals surface area (Å²) in [5.41, 5.74) is 8.38. The maximum absolute atomic E-state index is 5.82. The first kappa shape index (κ1) is 13.9. The van der Waals surface area contributed by atoms with Gasteiger partial charge in [0.05, 0.1) is 6.61 Å². The molecule has 0 spiro atoms. The van der Waals surface area contributed by atoms with Crippen molar-refractivity contribution in [2.45, 2.75) is 32.8 Å². The zero-order chi connectivity index (χ0) is 14.8. The van der Waals surface area contributed by atoms with E-state index in [1.807, 2.05) is 19.1 Å². The molecule has 0 fully saturated rings. The van der Waals surface area contributed by atoms with Crippen LogP contribution in [0.15, 0.2) is 22.7 Å². The molecule has 0 amide bonds. The molecule has 0 radical (unpaired) electrons. The minimum Gasteiger partial charge on any atom is -0.493 e. The number of ether oxygens (including phenoxy) is 2. The Morgan fingerprint density at radius 1 is 1.38 bits per heavy atom. The number of hydrogen-bond acceptors (Lipinski definition) is 5. The second-order valence-electron chi connectivity index (χ2n) is 5.24. The lowest BCUT2D eigenvalue weighted by Crippen LogP contribution is -2.05. The smallest absolute Gasteiger partial charge is 0.138 e. The molecule has 5 nitrogen and oxygen atoms in total. The highest BCUT2D eigenvalue weighted by Gasteiger charge is 2.23. The largest absolute Gasteiger partial charge is 0.493 e. The van der Waals surface area contributed by atoms with Crippen LogP contribution in [0, 0.1) is 0 Å². The molecule has 5 heteroatoms. The molecule has 1 aliphatic heterocycles. The summed E-state index contributed by atoms with van der Waals surface area (Å²) in [5, 5.41) is 4.13. The maximum atomic E-state index is 5.82. The number of rotatable bonds is 5. The van der Waals surface area contributed by atoms with Gasteiger partial charge in [0.1, 0.15) is 29.1 Å². The fourth-order valence-corrected chi connectivity index (χ4v) is 2.61. The molecule has 0 saturated carbocycles. The highest BCUT2D eigenvalue weighted by molar-refractivity contribution is 5.71. The van der Waals surface area contributed by atoms with Crippen LogP contribution >= 0.6 is 0 Å². The summed E-state index contributed by atoms with van der Waals surface area (Å²) in [6.45, 7) is 5.18. The molecule has 2 N–H and O–H groups in total. The van der Waals surface area contributed by atoms with E-state index in [9.17, 15) is 0 Å². The molecule has 1 aromatic heterocycles. The molecule has 1 unspecified atom stereocenters. The van der Waals surface area contributed by atoms with Gasteiger partial charge < -0.3 is 19.7 Å². The van der Waals surface area contributed by atoms with Crippen molar-refractivity contribution in [3.05, 3.63) is 29.5 Å². The SMILES string of the molecule is CCOc1cc2c(cc1-c1cc(CCN)on1)OC(C)C2. The summed E-state index contributed by atoms with van der Waals surface area (Å²) in [5.74, 6) is 2.51. The van der Waals surface area contributed by atoms with Gasteiger partial charge in [-0.1, -0.05) is 5.16 Å². The van der Waals surface area contributed by atoms with Gasteiger partial charge in [-0.25, -0.2) is 0 Å². The van der Waals surface area contributed by atoms with E-state index >= 15 is 0 Å². The summed E-state index contributed by atoms with van der Waals surface area (Å²) >= 11 is 0. The monoisotopic (exact) mass is 288 g/mol. The first-order valence-corrected chi connectivity index (χ1v) is 7.33. The predicted molar refractivity (Wildman–Crippen MR) is 79.7 cm³/mol. The lowest BCUT2D eigenvalue weighted by atomic mass is 10.0. The molecule has 0 aliphatic carbocycles. The third kappa shape index (κ3) is 2.74. The predicted octanol–water partition coefficient (Wildman–Crippen LogP) is 2.56. The van der Waals surface area contributed by atoms with Gasteiger partial charge in [0.2, 0.25) is 0 Å². The number of nitrogens with two attached hydrogens (primary N) is 1. The Hall–Kier alpha value is -2.01. The van der Waals surface area contributed by atoms with Crippen LogP contribution in [-0.4, -0.2) is 24.4 Å². The van der Waals surface area contributed by atoms with Crippen molar-refractivity contribution >= 4 is 0 Å². The van der Waals surface area contributed by atoms with Gasteiger partial charge in [-0.2, -0.15) is 0 Å². The lowest BCUT2D eigenvalue weighted by molar-refractivity contribution is 0.254. The van der Waals surface area contributed by atoms with Crippen molar-refractivity contribution in [3.8, 4) is 22.8 Å². The van der Waals surface area contributed by atoms with Crippen molar-refractivity contribution in [1.82, 2.24) is 5.16 Å². The Bertz CT molecular complexity index is 636. The second kappa shape index (κ2) is 5.77. The molecule has 1 atom stereocenters. The number of hydrogen-bond donors (Lipinski definition) is 1.